The van der Waals surface area contributed by atoms with Gasteiger partial charge in [0.1, 0.15) is 6.10 Å². The van der Waals surface area contributed by atoms with Crippen LogP contribution in [0.15, 0.2) is 12.2 Å². The molecule has 1 unspecified atom stereocenters. The van der Waals surface area contributed by atoms with Gasteiger partial charge in [0.25, 0.3) is 0 Å². The van der Waals surface area contributed by atoms with Crippen molar-refractivity contribution in [1.29, 1.82) is 0 Å². The van der Waals surface area contributed by atoms with Crippen LogP contribution >= 0.6 is 0 Å². The standard InChI is InChI=1S/C12H16N2O5/c1-7(2)11(17)19-8(3)5-6-14-10(16)9(15)13(4)12(14)18/h8H,1,5-6H2,2-4H3. The van der Waals surface area contributed by atoms with Crippen molar-refractivity contribution >= 4 is 23.8 Å². The maximum absolute atomic E-state index is 11.6. The van der Waals surface area contributed by atoms with E-state index in [0.717, 1.165) is 9.80 Å². The second kappa shape index (κ2) is 5.64. The zero-order valence-electron chi connectivity index (χ0n) is 11.1. The second-order valence-corrected chi connectivity index (χ2v) is 4.39. The molecule has 104 valence electrons. The van der Waals surface area contributed by atoms with Gasteiger partial charge in [0.05, 0.1) is 0 Å². The van der Waals surface area contributed by atoms with Crippen LogP contribution < -0.4 is 0 Å². The lowest BCUT2D eigenvalue weighted by atomic mass is 10.2. The number of amides is 4. The fourth-order valence-electron chi connectivity index (χ4n) is 1.46. The average Bonchev–Trinajstić information content (AvgIpc) is 2.52. The minimum Gasteiger partial charge on any atom is -0.459 e. The van der Waals surface area contributed by atoms with E-state index in [1.807, 2.05) is 0 Å². The number of hydrogen-bond donors (Lipinski definition) is 0. The third-order valence-corrected chi connectivity index (χ3v) is 2.67. The van der Waals surface area contributed by atoms with E-state index in [1.54, 1.807) is 6.92 Å². The molecule has 1 aliphatic rings. The van der Waals surface area contributed by atoms with Crippen LogP contribution in [0.4, 0.5) is 4.79 Å². The summed E-state index contributed by atoms with van der Waals surface area (Å²) >= 11 is 0. The van der Waals surface area contributed by atoms with Gasteiger partial charge >= 0.3 is 23.8 Å². The minimum absolute atomic E-state index is 0.0262. The Labute approximate surface area is 110 Å². The molecule has 1 saturated heterocycles. The largest absolute Gasteiger partial charge is 0.459 e. The number of ether oxygens (including phenoxy) is 1. The predicted octanol–water partition coefficient (Wildman–Crippen LogP) is 0.305. The molecular weight excluding hydrogens is 252 g/mol. The van der Waals surface area contributed by atoms with Crippen molar-refractivity contribution < 1.29 is 23.9 Å². The number of hydrogen-bond acceptors (Lipinski definition) is 5. The molecule has 7 heteroatoms. The highest BCUT2D eigenvalue weighted by Crippen LogP contribution is 2.12. The summed E-state index contributed by atoms with van der Waals surface area (Å²) in [4.78, 5) is 47.1. The highest BCUT2D eigenvalue weighted by Gasteiger charge is 2.41. The lowest BCUT2D eigenvalue weighted by Crippen LogP contribution is -2.34. The van der Waals surface area contributed by atoms with Gasteiger partial charge in [-0.15, -0.1) is 0 Å². The van der Waals surface area contributed by atoms with Gasteiger partial charge < -0.3 is 4.74 Å². The molecule has 0 radical (unpaired) electrons. The van der Waals surface area contributed by atoms with Crippen LogP contribution in [0.1, 0.15) is 20.3 Å². The van der Waals surface area contributed by atoms with E-state index in [-0.39, 0.29) is 18.5 Å². The lowest BCUT2D eigenvalue weighted by molar-refractivity contribution is -0.144. The highest BCUT2D eigenvalue weighted by atomic mass is 16.5. The van der Waals surface area contributed by atoms with Gasteiger partial charge in [0.15, 0.2) is 0 Å². The Morgan fingerprint density at radius 3 is 2.32 bits per heavy atom. The quantitative estimate of drug-likeness (QED) is 0.310. The SMILES string of the molecule is C=C(C)C(=O)OC(C)CCN1C(=O)C(=O)N(C)C1=O. The van der Waals surface area contributed by atoms with Crippen molar-refractivity contribution in [3.05, 3.63) is 12.2 Å². The Morgan fingerprint density at radius 2 is 1.89 bits per heavy atom. The van der Waals surface area contributed by atoms with Crippen LogP contribution in [-0.4, -0.2) is 53.3 Å². The van der Waals surface area contributed by atoms with Crippen LogP contribution in [0, 0.1) is 0 Å². The molecule has 1 rings (SSSR count). The van der Waals surface area contributed by atoms with Crippen molar-refractivity contribution in [3.8, 4) is 0 Å². The Hall–Kier alpha value is -2.18. The second-order valence-electron chi connectivity index (χ2n) is 4.39. The number of urea groups is 1. The monoisotopic (exact) mass is 268 g/mol. The first kappa shape index (κ1) is 14.9. The molecule has 7 nitrogen and oxygen atoms in total. The number of nitrogens with zero attached hydrogens (tertiary/aromatic N) is 2. The molecule has 0 aromatic carbocycles. The molecule has 0 saturated carbocycles. The smallest absolute Gasteiger partial charge is 0.333 e. The number of carbonyl (C=O) groups is 4. The van der Waals surface area contributed by atoms with E-state index in [9.17, 15) is 19.2 Å². The molecule has 0 spiro atoms. The first-order valence-electron chi connectivity index (χ1n) is 5.75. The number of esters is 1. The summed E-state index contributed by atoms with van der Waals surface area (Å²) in [5.74, 6) is -2.23. The maximum Gasteiger partial charge on any atom is 0.333 e. The van der Waals surface area contributed by atoms with Crippen molar-refractivity contribution in [2.45, 2.75) is 26.4 Å². The van der Waals surface area contributed by atoms with Crippen LogP contribution in [-0.2, 0) is 19.1 Å². The summed E-state index contributed by atoms with van der Waals surface area (Å²) in [7, 11) is 1.24. The van der Waals surface area contributed by atoms with Crippen molar-refractivity contribution in [3.63, 3.8) is 0 Å². The summed E-state index contributed by atoms with van der Waals surface area (Å²) in [6, 6.07) is -0.659. The van der Waals surface area contributed by atoms with Crippen LogP contribution in [0.2, 0.25) is 0 Å². The van der Waals surface area contributed by atoms with E-state index in [2.05, 4.69) is 6.58 Å². The summed E-state index contributed by atoms with van der Waals surface area (Å²) in [5, 5.41) is 0. The third kappa shape index (κ3) is 3.18. The van der Waals surface area contributed by atoms with Gasteiger partial charge in [0, 0.05) is 25.6 Å². The number of imide groups is 2. The molecule has 1 heterocycles. The average molecular weight is 268 g/mol. The number of rotatable bonds is 5. The fourth-order valence-corrected chi connectivity index (χ4v) is 1.46. The van der Waals surface area contributed by atoms with Gasteiger partial charge in [-0.05, 0) is 13.8 Å². The zero-order valence-corrected chi connectivity index (χ0v) is 11.1. The summed E-state index contributed by atoms with van der Waals surface area (Å²) in [6.45, 7) is 6.63. The van der Waals surface area contributed by atoms with Crippen LogP contribution in [0.5, 0.6) is 0 Å². The molecule has 0 bridgehead atoms. The fraction of sp³-hybridized carbons (Fsp3) is 0.500. The van der Waals surface area contributed by atoms with Crippen LogP contribution in [0.25, 0.3) is 0 Å². The van der Waals surface area contributed by atoms with E-state index in [0.29, 0.717) is 0 Å². The van der Waals surface area contributed by atoms with E-state index in [1.165, 1.54) is 14.0 Å². The Morgan fingerprint density at radius 1 is 1.32 bits per heavy atom. The summed E-state index contributed by atoms with van der Waals surface area (Å²) < 4.78 is 5.01. The van der Waals surface area contributed by atoms with Crippen molar-refractivity contribution in [2.75, 3.05) is 13.6 Å². The van der Waals surface area contributed by atoms with Gasteiger partial charge in [-0.1, -0.05) is 6.58 Å². The Balaban J connectivity index is 2.51. The highest BCUT2D eigenvalue weighted by molar-refractivity contribution is 6.44. The maximum atomic E-state index is 11.6. The van der Waals surface area contributed by atoms with E-state index < -0.39 is 29.9 Å². The lowest BCUT2D eigenvalue weighted by Gasteiger charge is -2.17. The number of carbonyl (C=O) groups excluding carboxylic acids is 4. The molecule has 19 heavy (non-hydrogen) atoms. The molecule has 0 aromatic rings. The molecule has 0 aliphatic carbocycles. The topological polar surface area (TPSA) is 84.0 Å². The molecule has 1 fully saturated rings. The van der Waals surface area contributed by atoms with Crippen molar-refractivity contribution in [1.82, 2.24) is 9.80 Å². The van der Waals surface area contributed by atoms with Crippen LogP contribution in [0.3, 0.4) is 0 Å². The Bertz CT molecular complexity index is 457. The molecule has 0 aromatic heterocycles. The zero-order chi connectivity index (χ0) is 14.7. The van der Waals surface area contributed by atoms with E-state index >= 15 is 0 Å². The summed E-state index contributed by atoms with van der Waals surface area (Å²) in [5.41, 5.74) is 0.273. The predicted molar refractivity (Wildman–Crippen MR) is 64.9 cm³/mol. The molecule has 1 atom stereocenters. The van der Waals surface area contributed by atoms with Crippen molar-refractivity contribution in [2.24, 2.45) is 0 Å². The first-order valence-corrected chi connectivity index (χ1v) is 5.75. The van der Waals surface area contributed by atoms with Gasteiger partial charge in [0.2, 0.25) is 0 Å². The van der Waals surface area contributed by atoms with Gasteiger partial charge in [-0.25, -0.2) is 9.59 Å². The van der Waals surface area contributed by atoms with Gasteiger partial charge in [-0.2, -0.15) is 0 Å². The molecule has 4 amide bonds. The third-order valence-electron chi connectivity index (χ3n) is 2.67. The molecule has 0 N–H and O–H groups in total. The number of likely N-dealkylation sites (N-methyl/N-ethyl adjacent to an activating group) is 1. The summed E-state index contributed by atoms with van der Waals surface area (Å²) in [6.07, 6.45) is -0.219. The van der Waals surface area contributed by atoms with E-state index in [4.69, 9.17) is 4.74 Å². The normalized spacial score (nSPS) is 16.9. The first-order chi connectivity index (χ1) is 8.75. The minimum atomic E-state index is -0.856. The Kier molecular flexibility index (Phi) is 4.42. The molecular formula is C12H16N2O5. The van der Waals surface area contributed by atoms with Gasteiger partial charge in [-0.3, -0.25) is 19.4 Å². The molecule has 1 aliphatic heterocycles.